The zero-order chi connectivity index (χ0) is 5.15. The van der Waals surface area contributed by atoms with Gasteiger partial charge in [-0.05, 0) is 13.8 Å². The molecule has 0 spiro atoms. The lowest BCUT2D eigenvalue weighted by molar-refractivity contribution is -0.126. The molecule has 0 bridgehead atoms. The molecule has 2 heteroatoms. The fourth-order valence-electron chi connectivity index (χ4n) is 0. The van der Waals surface area contributed by atoms with E-state index in [-0.39, 0.29) is 5.78 Å². The Balaban J connectivity index is 3.26. The average Bonchev–Trinajstić information content (AvgIpc) is 1.36. The van der Waals surface area contributed by atoms with Gasteiger partial charge in [-0.2, -0.15) is 0 Å². The van der Waals surface area contributed by atoms with Crippen molar-refractivity contribution in [3.8, 4) is 0 Å². The predicted octanol–water partition coefficient (Wildman–Crippen LogP) is 0.394. The number of carbonyl (C=O) groups excluding carboxylic acids is 1. The molecule has 2 nitrogen and oxygen atoms in total. The zero-order valence-corrected chi connectivity index (χ0v) is 3.89. The molecule has 0 heterocycles. The second-order valence-electron chi connectivity index (χ2n) is 1.25. The summed E-state index contributed by atoms with van der Waals surface area (Å²) in [5.74, 6) is -0.296. The quantitative estimate of drug-likeness (QED) is 0.456. The summed E-state index contributed by atoms with van der Waals surface area (Å²) in [7, 11) is 0. The van der Waals surface area contributed by atoms with Crippen LogP contribution in [0.15, 0.2) is 0 Å². The van der Waals surface area contributed by atoms with Gasteiger partial charge in [-0.3, -0.25) is 4.79 Å². The minimum atomic E-state index is -1.04. The highest BCUT2D eigenvalue weighted by atomic mass is 16.3. The molecule has 0 rings (SSSR count). The van der Waals surface area contributed by atoms with Crippen molar-refractivity contribution in [3.63, 3.8) is 0 Å². The second-order valence-corrected chi connectivity index (χ2v) is 1.25. The van der Waals surface area contributed by atoms with Crippen LogP contribution in [0.1, 0.15) is 13.8 Å². The van der Waals surface area contributed by atoms with Crippen molar-refractivity contribution in [3.05, 3.63) is 0 Å². The maximum absolute atomic E-state index is 9.88. The van der Waals surface area contributed by atoms with Gasteiger partial charge in [0.2, 0.25) is 0 Å². The van der Waals surface area contributed by atoms with Gasteiger partial charge in [0, 0.05) is 0 Å². The van der Waals surface area contributed by atoms with E-state index in [4.69, 9.17) is 0 Å². The molecule has 0 aliphatic rings. The Morgan fingerprint density at radius 1 is 1.67 bits per heavy atom. The molecule has 0 fully saturated rings. The van der Waals surface area contributed by atoms with Crippen LogP contribution in [0.3, 0.4) is 0 Å². The van der Waals surface area contributed by atoms with Crippen LogP contribution in [0.5, 0.6) is 0 Å². The summed E-state index contributed by atoms with van der Waals surface area (Å²) >= 11 is 0. The van der Waals surface area contributed by atoms with E-state index in [1.54, 1.807) is 0 Å². The van der Waals surface area contributed by atoms with E-state index >= 15 is 0 Å². The van der Waals surface area contributed by atoms with Gasteiger partial charge in [0.1, 0.15) is 6.10 Å². The van der Waals surface area contributed by atoms with Crippen molar-refractivity contribution in [2.75, 3.05) is 0 Å². The molecule has 1 atom stereocenters. The standard InChI is InChI=1S/C4H7O2/c1-3(5)4(2)6/h3H,1-2H3. The Morgan fingerprint density at radius 2 is 1.83 bits per heavy atom. The maximum atomic E-state index is 9.88. The third-order valence-corrected chi connectivity index (χ3v) is 0.572. The van der Waals surface area contributed by atoms with Crippen LogP contribution in [0, 0.1) is 0 Å². The number of hydrogen-bond acceptors (Lipinski definition) is 1. The molecule has 0 N–H and O–H groups in total. The monoisotopic (exact) mass is 87.0 g/mol. The number of hydrogen-bond donors (Lipinski definition) is 0. The minimum Gasteiger partial charge on any atom is -0.297 e. The number of carbonyl (C=O) groups is 1. The molecule has 0 aromatic heterocycles. The van der Waals surface area contributed by atoms with Gasteiger partial charge >= 0.3 is 0 Å². The van der Waals surface area contributed by atoms with E-state index in [0.29, 0.717) is 0 Å². The smallest absolute Gasteiger partial charge is 0.161 e. The summed E-state index contributed by atoms with van der Waals surface area (Å²) in [5.41, 5.74) is 0. The van der Waals surface area contributed by atoms with E-state index < -0.39 is 6.10 Å². The normalized spacial score (nSPS) is 13.8. The van der Waals surface area contributed by atoms with Gasteiger partial charge in [0.05, 0.1) is 0 Å². The van der Waals surface area contributed by atoms with Gasteiger partial charge in [0.25, 0.3) is 0 Å². The lowest BCUT2D eigenvalue weighted by atomic mass is 10.3. The lowest BCUT2D eigenvalue weighted by Crippen LogP contribution is -2.08. The molecule has 0 saturated carbocycles. The number of ketones is 1. The second kappa shape index (κ2) is 1.92. The van der Waals surface area contributed by atoms with Gasteiger partial charge in [0.15, 0.2) is 5.78 Å². The molecule has 6 heavy (non-hydrogen) atoms. The molecule has 1 unspecified atom stereocenters. The van der Waals surface area contributed by atoms with E-state index in [1.165, 1.54) is 13.8 Å². The van der Waals surface area contributed by atoms with E-state index in [9.17, 15) is 9.90 Å². The zero-order valence-electron chi connectivity index (χ0n) is 3.89. The molecule has 35 valence electrons. The van der Waals surface area contributed by atoms with Crippen LogP contribution >= 0.6 is 0 Å². The van der Waals surface area contributed by atoms with Crippen LogP contribution in [0.4, 0.5) is 0 Å². The van der Waals surface area contributed by atoms with Crippen molar-refractivity contribution in [1.82, 2.24) is 0 Å². The summed E-state index contributed by atoms with van der Waals surface area (Å²) in [6, 6.07) is 0. The first-order valence-corrected chi connectivity index (χ1v) is 1.81. The van der Waals surface area contributed by atoms with Crippen LogP contribution in [0.2, 0.25) is 0 Å². The van der Waals surface area contributed by atoms with E-state index in [2.05, 4.69) is 0 Å². The Kier molecular flexibility index (Phi) is 1.81. The van der Waals surface area contributed by atoms with Crippen LogP contribution in [-0.4, -0.2) is 11.9 Å². The fourth-order valence-corrected chi connectivity index (χ4v) is 0. The van der Waals surface area contributed by atoms with Gasteiger partial charge in [-0.1, -0.05) is 0 Å². The molecule has 0 aliphatic heterocycles. The summed E-state index contributed by atoms with van der Waals surface area (Å²) < 4.78 is 0. The third kappa shape index (κ3) is 1.91. The highest BCUT2D eigenvalue weighted by molar-refractivity contribution is 5.79. The summed E-state index contributed by atoms with van der Waals surface area (Å²) in [6.45, 7) is 2.62. The molecular weight excluding hydrogens is 80.0 g/mol. The molecule has 0 saturated heterocycles. The molecule has 0 aromatic carbocycles. The Morgan fingerprint density at radius 3 is 1.83 bits per heavy atom. The van der Waals surface area contributed by atoms with Gasteiger partial charge in [-0.25, -0.2) is 5.11 Å². The Hall–Kier alpha value is -0.370. The molecule has 1 radical (unpaired) electrons. The van der Waals surface area contributed by atoms with Crippen molar-refractivity contribution < 1.29 is 9.90 Å². The molecule has 0 aromatic rings. The average molecular weight is 87.1 g/mol. The van der Waals surface area contributed by atoms with Gasteiger partial charge < -0.3 is 0 Å². The molecule has 0 amide bonds. The van der Waals surface area contributed by atoms with Crippen LogP contribution in [0.25, 0.3) is 0 Å². The van der Waals surface area contributed by atoms with Crippen molar-refractivity contribution in [2.45, 2.75) is 20.0 Å². The van der Waals surface area contributed by atoms with Crippen molar-refractivity contribution in [1.29, 1.82) is 0 Å². The molecule has 0 aliphatic carbocycles. The predicted molar refractivity (Wildman–Crippen MR) is 20.8 cm³/mol. The van der Waals surface area contributed by atoms with E-state index in [1.807, 2.05) is 0 Å². The SMILES string of the molecule is CC(=O)C(C)[O]. The Bertz CT molecular complexity index is 56.6. The highest BCUT2D eigenvalue weighted by Gasteiger charge is 1.99. The first-order valence-electron chi connectivity index (χ1n) is 1.81. The van der Waals surface area contributed by atoms with E-state index in [0.717, 1.165) is 0 Å². The number of Topliss-reactive ketones (excluding diaryl/α,β-unsaturated/α-hetero) is 1. The Labute approximate surface area is 36.8 Å². The number of rotatable bonds is 1. The van der Waals surface area contributed by atoms with Crippen LogP contribution in [-0.2, 0) is 9.90 Å². The lowest BCUT2D eigenvalue weighted by Gasteiger charge is -1.86. The van der Waals surface area contributed by atoms with Crippen LogP contribution < -0.4 is 0 Å². The summed E-state index contributed by atoms with van der Waals surface area (Å²) in [4.78, 5) is 9.83. The molecular formula is C4H7O2. The first kappa shape index (κ1) is 5.63. The summed E-state index contributed by atoms with van der Waals surface area (Å²) in [6.07, 6.45) is -1.04. The fraction of sp³-hybridized carbons (Fsp3) is 0.750. The van der Waals surface area contributed by atoms with Gasteiger partial charge in [-0.15, -0.1) is 0 Å². The largest absolute Gasteiger partial charge is 0.297 e. The minimum absolute atomic E-state index is 0.296. The first-order chi connectivity index (χ1) is 2.64. The van der Waals surface area contributed by atoms with Crippen molar-refractivity contribution in [2.24, 2.45) is 0 Å². The topological polar surface area (TPSA) is 37.0 Å². The summed E-state index contributed by atoms with van der Waals surface area (Å²) in [5, 5.41) is 9.88. The van der Waals surface area contributed by atoms with Crippen molar-refractivity contribution >= 4 is 5.78 Å². The maximum Gasteiger partial charge on any atom is 0.161 e. The third-order valence-electron chi connectivity index (χ3n) is 0.572. The highest BCUT2D eigenvalue weighted by Crippen LogP contribution is 1.78.